The monoisotopic (exact) mass is 298 g/mol. The number of aromatic nitrogens is 1. The van der Waals surface area contributed by atoms with Crippen molar-refractivity contribution in [2.45, 2.75) is 19.8 Å². The Morgan fingerprint density at radius 1 is 1.41 bits per heavy atom. The van der Waals surface area contributed by atoms with Crippen LogP contribution in [0.1, 0.15) is 25.3 Å². The highest BCUT2D eigenvalue weighted by Crippen LogP contribution is 2.34. The number of benzene rings is 1. The van der Waals surface area contributed by atoms with Crippen LogP contribution in [0.3, 0.4) is 0 Å². The van der Waals surface area contributed by atoms with E-state index in [2.05, 4.69) is 21.1 Å². The van der Waals surface area contributed by atoms with Gasteiger partial charge in [-0.25, -0.2) is 4.39 Å². The minimum atomic E-state index is -0.334. The Hall–Kier alpha value is -1.36. The summed E-state index contributed by atoms with van der Waals surface area (Å²) < 4.78 is 18.9. The Labute approximate surface area is 107 Å². The second-order valence-corrected chi connectivity index (χ2v) is 4.95. The third kappa shape index (κ3) is 2.20. The molecule has 0 saturated heterocycles. The third-order valence-electron chi connectivity index (χ3n) is 2.53. The molecule has 2 rings (SSSR count). The van der Waals surface area contributed by atoms with Crippen molar-refractivity contribution in [2.75, 3.05) is 5.73 Å². The van der Waals surface area contributed by atoms with Gasteiger partial charge in [0.2, 0.25) is 5.88 Å². The normalized spacial score (nSPS) is 11.1. The van der Waals surface area contributed by atoms with Crippen LogP contribution in [-0.2, 0) is 0 Å². The van der Waals surface area contributed by atoms with Crippen molar-refractivity contribution in [2.24, 2.45) is 0 Å². The molecule has 0 aliphatic heterocycles. The summed E-state index contributed by atoms with van der Waals surface area (Å²) in [5.74, 6) is 0.125. The molecule has 1 aromatic carbocycles. The average Bonchev–Trinajstić information content (AvgIpc) is 2.64. The standard InChI is InChI=1S/C12H12BrFN2O/c1-6(2)10-11(16-17-12(10)15)7-3-4-8(13)9(14)5-7/h3-6H,15H2,1-2H3. The van der Waals surface area contributed by atoms with Crippen LogP contribution in [0.2, 0.25) is 0 Å². The van der Waals surface area contributed by atoms with Gasteiger partial charge in [-0.15, -0.1) is 0 Å². The molecule has 1 heterocycles. The van der Waals surface area contributed by atoms with Gasteiger partial charge in [0.15, 0.2) is 0 Å². The Balaban J connectivity index is 2.56. The summed E-state index contributed by atoms with van der Waals surface area (Å²) in [5, 5.41) is 3.90. The number of halogens is 2. The molecule has 0 aliphatic carbocycles. The molecule has 90 valence electrons. The van der Waals surface area contributed by atoms with Gasteiger partial charge < -0.3 is 10.3 Å². The van der Waals surface area contributed by atoms with Crippen molar-refractivity contribution in [1.82, 2.24) is 5.16 Å². The van der Waals surface area contributed by atoms with Crippen LogP contribution in [0.4, 0.5) is 10.3 Å². The fourth-order valence-corrected chi connectivity index (χ4v) is 1.97. The fourth-order valence-electron chi connectivity index (χ4n) is 1.72. The van der Waals surface area contributed by atoms with Crippen LogP contribution >= 0.6 is 15.9 Å². The summed E-state index contributed by atoms with van der Waals surface area (Å²) in [7, 11) is 0. The van der Waals surface area contributed by atoms with Crippen molar-refractivity contribution in [3.8, 4) is 11.3 Å². The summed E-state index contributed by atoms with van der Waals surface area (Å²) >= 11 is 3.11. The van der Waals surface area contributed by atoms with Crippen LogP contribution in [0.25, 0.3) is 11.3 Å². The van der Waals surface area contributed by atoms with E-state index in [1.54, 1.807) is 12.1 Å². The van der Waals surface area contributed by atoms with E-state index in [1.165, 1.54) is 6.07 Å². The summed E-state index contributed by atoms with van der Waals surface area (Å²) in [5.41, 5.74) is 7.79. The van der Waals surface area contributed by atoms with Crippen LogP contribution in [0, 0.1) is 5.82 Å². The van der Waals surface area contributed by atoms with Crippen LogP contribution in [0.15, 0.2) is 27.2 Å². The van der Waals surface area contributed by atoms with Crippen molar-refractivity contribution in [1.29, 1.82) is 0 Å². The first kappa shape index (κ1) is 12.1. The zero-order chi connectivity index (χ0) is 12.6. The molecule has 2 N–H and O–H groups in total. The Kier molecular flexibility index (Phi) is 3.19. The van der Waals surface area contributed by atoms with E-state index in [0.29, 0.717) is 21.6 Å². The Morgan fingerprint density at radius 2 is 2.12 bits per heavy atom. The minimum absolute atomic E-state index is 0.169. The lowest BCUT2D eigenvalue weighted by atomic mass is 9.99. The van der Waals surface area contributed by atoms with E-state index < -0.39 is 0 Å². The molecule has 5 heteroatoms. The smallest absolute Gasteiger partial charge is 0.226 e. The van der Waals surface area contributed by atoms with Gasteiger partial charge >= 0.3 is 0 Å². The lowest BCUT2D eigenvalue weighted by molar-refractivity contribution is 0.438. The van der Waals surface area contributed by atoms with E-state index in [1.807, 2.05) is 13.8 Å². The van der Waals surface area contributed by atoms with E-state index in [0.717, 1.165) is 5.56 Å². The Bertz CT molecular complexity index is 551. The van der Waals surface area contributed by atoms with Gasteiger partial charge in [-0.1, -0.05) is 25.1 Å². The second-order valence-electron chi connectivity index (χ2n) is 4.09. The maximum Gasteiger partial charge on any atom is 0.226 e. The van der Waals surface area contributed by atoms with E-state index in [4.69, 9.17) is 10.3 Å². The SMILES string of the molecule is CC(C)c1c(-c2ccc(Br)c(F)c2)noc1N. The van der Waals surface area contributed by atoms with Gasteiger partial charge in [-0.2, -0.15) is 0 Å². The molecule has 0 amide bonds. The highest BCUT2D eigenvalue weighted by atomic mass is 79.9. The zero-order valence-corrected chi connectivity index (χ0v) is 11.1. The Morgan fingerprint density at radius 3 is 2.71 bits per heavy atom. The maximum absolute atomic E-state index is 13.5. The molecule has 0 aliphatic rings. The molecule has 0 fully saturated rings. The number of nitrogens with zero attached hydrogens (tertiary/aromatic N) is 1. The number of hydrogen-bond acceptors (Lipinski definition) is 3. The molecule has 3 nitrogen and oxygen atoms in total. The average molecular weight is 299 g/mol. The summed E-state index contributed by atoms with van der Waals surface area (Å²) in [6, 6.07) is 4.82. The third-order valence-corrected chi connectivity index (χ3v) is 3.17. The van der Waals surface area contributed by atoms with E-state index in [9.17, 15) is 4.39 Å². The number of rotatable bonds is 2. The lowest BCUT2D eigenvalue weighted by Gasteiger charge is -2.05. The van der Waals surface area contributed by atoms with Crippen LogP contribution < -0.4 is 5.73 Å². The number of nitrogens with two attached hydrogens (primary N) is 1. The molecule has 17 heavy (non-hydrogen) atoms. The molecule has 2 aromatic rings. The zero-order valence-electron chi connectivity index (χ0n) is 9.50. The second kappa shape index (κ2) is 4.49. The fraction of sp³-hybridized carbons (Fsp3) is 0.250. The number of hydrogen-bond donors (Lipinski definition) is 1. The first-order chi connectivity index (χ1) is 8.00. The van der Waals surface area contributed by atoms with Gasteiger partial charge in [0.1, 0.15) is 11.5 Å². The van der Waals surface area contributed by atoms with Crippen LogP contribution in [-0.4, -0.2) is 5.16 Å². The van der Waals surface area contributed by atoms with Crippen molar-refractivity contribution in [3.63, 3.8) is 0 Å². The molecule has 0 saturated carbocycles. The maximum atomic E-state index is 13.5. The molecule has 0 atom stereocenters. The van der Waals surface area contributed by atoms with E-state index in [-0.39, 0.29) is 11.7 Å². The molecule has 1 aromatic heterocycles. The quantitative estimate of drug-likeness (QED) is 0.913. The molecular formula is C12H12BrFN2O. The number of anilines is 1. The van der Waals surface area contributed by atoms with Crippen molar-refractivity contribution < 1.29 is 8.91 Å². The molecule has 0 radical (unpaired) electrons. The van der Waals surface area contributed by atoms with Gasteiger partial charge in [0.25, 0.3) is 0 Å². The van der Waals surface area contributed by atoms with Gasteiger partial charge in [-0.3, -0.25) is 0 Å². The molecular weight excluding hydrogens is 287 g/mol. The largest absolute Gasteiger partial charge is 0.367 e. The molecule has 0 bridgehead atoms. The predicted molar refractivity (Wildman–Crippen MR) is 68.1 cm³/mol. The van der Waals surface area contributed by atoms with Gasteiger partial charge in [0.05, 0.1) is 4.47 Å². The minimum Gasteiger partial charge on any atom is -0.367 e. The summed E-state index contributed by atoms with van der Waals surface area (Å²) in [6.07, 6.45) is 0. The van der Waals surface area contributed by atoms with E-state index >= 15 is 0 Å². The molecule has 0 spiro atoms. The summed E-state index contributed by atoms with van der Waals surface area (Å²) in [4.78, 5) is 0. The van der Waals surface area contributed by atoms with Gasteiger partial charge in [0, 0.05) is 11.1 Å². The highest BCUT2D eigenvalue weighted by Gasteiger charge is 2.18. The number of nitrogen functional groups attached to an aromatic ring is 1. The van der Waals surface area contributed by atoms with Crippen molar-refractivity contribution in [3.05, 3.63) is 34.1 Å². The topological polar surface area (TPSA) is 52.0 Å². The first-order valence-electron chi connectivity index (χ1n) is 5.21. The lowest BCUT2D eigenvalue weighted by Crippen LogP contribution is -1.95. The van der Waals surface area contributed by atoms with Gasteiger partial charge in [-0.05, 0) is 34.0 Å². The van der Waals surface area contributed by atoms with Crippen LogP contribution in [0.5, 0.6) is 0 Å². The molecule has 0 unspecified atom stereocenters. The summed E-state index contributed by atoms with van der Waals surface area (Å²) in [6.45, 7) is 3.98. The first-order valence-corrected chi connectivity index (χ1v) is 6.00. The predicted octanol–water partition coefficient (Wildman–Crippen LogP) is 3.95. The van der Waals surface area contributed by atoms with Crippen molar-refractivity contribution >= 4 is 21.8 Å². The highest BCUT2D eigenvalue weighted by molar-refractivity contribution is 9.10.